The van der Waals surface area contributed by atoms with Gasteiger partial charge in [-0.3, -0.25) is 14.5 Å². The quantitative estimate of drug-likeness (QED) is 0.125. The predicted molar refractivity (Wildman–Crippen MR) is 153 cm³/mol. The van der Waals surface area contributed by atoms with Crippen LogP contribution in [-0.4, -0.2) is 22.1 Å². The van der Waals surface area contributed by atoms with E-state index in [1.807, 2.05) is 0 Å². The number of halogens is 6. The monoisotopic (exact) mass is 618 g/mol. The fourth-order valence-corrected chi connectivity index (χ4v) is 4.49. The Balaban J connectivity index is 1.87. The molecule has 0 radical (unpaired) electrons. The van der Waals surface area contributed by atoms with E-state index < -0.39 is 35.3 Å². The number of aryl methyl sites for hydroxylation is 1. The predicted octanol–water partition coefficient (Wildman–Crippen LogP) is 6.07. The van der Waals surface area contributed by atoms with E-state index >= 15 is 0 Å². The van der Waals surface area contributed by atoms with E-state index in [1.165, 1.54) is 19.2 Å². The van der Waals surface area contributed by atoms with E-state index in [2.05, 4.69) is 9.84 Å². The van der Waals surface area contributed by atoms with Crippen LogP contribution in [0, 0.1) is 0 Å². The lowest BCUT2D eigenvalue weighted by molar-refractivity contribution is -0.274. The van der Waals surface area contributed by atoms with Gasteiger partial charge in [0.25, 0.3) is 0 Å². The van der Waals surface area contributed by atoms with Crippen LogP contribution in [-0.2, 0) is 23.4 Å². The summed E-state index contributed by atoms with van der Waals surface area (Å²) in [7, 11) is 1.34. The third-order valence-electron chi connectivity index (χ3n) is 7.04. The van der Waals surface area contributed by atoms with Crippen molar-refractivity contribution in [3.63, 3.8) is 0 Å². The van der Waals surface area contributed by atoms with E-state index in [0.29, 0.717) is 16.7 Å². The Hall–Kier alpha value is -4.98. The van der Waals surface area contributed by atoms with Gasteiger partial charge in [-0.15, -0.1) is 13.2 Å². The molecule has 0 saturated heterocycles. The number of ether oxygens (including phenoxy) is 1. The Morgan fingerprint density at radius 2 is 1.57 bits per heavy atom. The molecule has 0 atom stereocenters. The second-order valence-electron chi connectivity index (χ2n) is 10.3. The van der Waals surface area contributed by atoms with E-state index in [1.54, 1.807) is 56.3 Å². The molecule has 4 aromatic rings. The minimum absolute atomic E-state index is 0.0724. The largest absolute Gasteiger partial charge is 0.573 e. The Bertz CT molecular complexity index is 1710. The molecule has 1 aromatic heterocycles. The molecule has 14 heteroatoms. The van der Waals surface area contributed by atoms with Gasteiger partial charge in [-0.2, -0.15) is 18.3 Å². The summed E-state index contributed by atoms with van der Waals surface area (Å²) in [6.45, 7) is 3.35. The van der Waals surface area contributed by atoms with Gasteiger partial charge in [0.2, 0.25) is 5.91 Å². The number of nitrogens with two attached hydrogens (primary N) is 3. The SMILES string of the molecule is Cn1nc(C(F)(F)F)cc1-c1ccc(-c2cccc(C(C)(C)C(N)=O)c2)cc1N(N)/C(=C\N)c1ccc(OC(F)(F)F)cc1. The number of carbonyl (C=O) groups excluding carboxylic acids is 1. The molecule has 0 aliphatic rings. The van der Waals surface area contributed by atoms with Crippen LogP contribution >= 0.6 is 0 Å². The first-order valence-electron chi connectivity index (χ1n) is 12.9. The van der Waals surface area contributed by atoms with Crippen LogP contribution in [0.2, 0.25) is 0 Å². The highest BCUT2D eigenvalue weighted by Gasteiger charge is 2.35. The average molecular weight is 619 g/mol. The average Bonchev–Trinajstić information content (AvgIpc) is 3.35. The second kappa shape index (κ2) is 11.6. The van der Waals surface area contributed by atoms with Crippen molar-refractivity contribution >= 4 is 17.3 Å². The first-order chi connectivity index (χ1) is 20.4. The highest BCUT2D eigenvalue weighted by atomic mass is 19.4. The third kappa shape index (κ3) is 6.64. The van der Waals surface area contributed by atoms with Crippen molar-refractivity contribution in [2.24, 2.45) is 24.4 Å². The van der Waals surface area contributed by atoms with Gasteiger partial charge in [-0.05, 0) is 66.9 Å². The van der Waals surface area contributed by atoms with Gasteiger partial charge < -0.3 is 16.2 Å². The molecule has 44 heavy (non-hydrogen) atoms. The molecule has 1 amide bonds. The highest BCUT2D eigenvalue weighted by Crippen LogP contribution is 2.40. The van der Waals surface area contributed by atoms with Crippen molar-refractivity contribution in [2.45, 2.75) is 31.8 Å². The van der Waals surface area contributed by atoms with E-state index in [9.17, 15) is 31.1 Å². The highest BCUT2D eigenvalue weighted by molar-refractivity contribution is 5.90. The zero-order valence-electron chi connectivity index (χ0n) is 23.7. The first kappa shape index (κ1) is 31.9. The maximum absolute atomic E-state index is 13.5. The minimum Gasteiger partial charge on any atom is -0.406 e. The number of benzene rings is 3. The number of hydrazine groups is 1. The number of anilines is 1. The molecule has 4 rings (SSSR count). The lowest BCUT2D eigenvalue weighted by Gasteiger charge is -2.26. The molecule has 1 heterocycles. The molecule has 3 aromatic carbocycles. The van der Waals surface area contributed by atoms with Crippen molar-refractivity contribution in [1.29, 1.82) is 0 Å². The van der Waals surface area contributed by atoms with Crippen LogP contribution < -0.4 is 27.1 Å². The number of aromatic nitrogens is 2. The summed E-state index contributed by atoms with van der Waals surface area (Å²) in [6.07, 6.45) is -8.50. The number of alkyl halides is 6. The Morgan fingerprint density at radius 3 is 2.11 bits per heavy atom. The minimum atomic E-state index is -4.90. The number of primary amides is 1. The first-order valence-corrected chi connectivity index (χ1v) is 12.9. The Morgan fingerprint density at radius 1 is 0.932 bits per heavy atom. The molecular weight excluding hydrogens is 590 g/mol. The maximum Gasteiger partial charge on any atom is 0.573 e. The zero-order valence-corrected chi connectivity index (χ0v) is 23.7. The maximum atomic E-state index is 13.5. The van der Waals surface area contributed by atoms with Crippen LogP contribution in [0.3, 0.4) is 0 Å². The Labute approximate surface area is 248 Å². The number of carbonyl (C=O) groups is 1. The van der Waals surface area contributed by atoms with E-state index in [4.69, 9.17) is 17.3 Å². The molecule has 232 valence electrons. The van der Waals surface area contributed by atoms with Crippen molar-refractivity contribution in [2.75, 3.05) is 5.01 Å². The van der Waals surface area contributed by atoms with Crippen molar-refractivity contribution in [3.05, 3.63) is 95.8 Å². The molecule has 6 N–H and O–H groups in total. The van der Waals surface area contributed by atoms with Gasteiger partial charge in [-0.1, -0.05) is 36.4 Å². The number of nitrogens with zero attached hydrogens (tertiary/aromatic N) is 3. The third-order valence-corrected chi connectivity index (χ3v) is 7.04. The second-order valence-corrected chi connectivity index (χ2v) is 10.3. The van der Waals surface area contributed by atoms with Gasteiger partial charge in [0, 0.05) is 24.4 Å². The summed E-state index contributed by atoms with van der Waals surface area (Å²) in [5, 5.41) is 4.71. The number of hydrogen-bond acceptors (Lipinski definition) is 6. The number of amides is 1. The van der Waals surface area contributed by atoms with Crippen LogP contribution in [0.15, 0.2) is 79.0 Å². The smallest absolute Gasteiger partial charge is 0.406 e. The summed E-state index contributed by atoms with van der Waals surface area (Å²) >= 11 is 0. The number of hydrogen-bond donors (Lipinski definition) is 3. The van der Waals surface area contributed by atoms with Gasteiger partial charge in [0.1, 0.15) is 5.75 Å². The standard InChI is InChI=1S/C30H28F6N6O2/c1-28(2,27(38)43)20-6-4-5-18(13-20)19-9-12-22(23-15-26(29(31,32)33)40-41(23)3)24(14-19)42(39)25(16-37)17-7-10-21(11-8-17)44-30(34,35)36/h4-16H,37,39H2,1-3H3,(H2,38,43)/b25-16-. The molecule has 0 unspecified atom stereocenters. The molecule has 0 spiro atoms. The summed E-state index contributed by atoms with van der Waals surface area (Å²) in [5.74, 6) is 5.53. The normalized spacial score (nSPS) is 12.7. The fraction of sp³-hybridized carbons (Fsp3) is 0.200. The lowest BCUT2D eigenvalue weighted by atomic mass is 9.82. The van der Waals surface area contributed by atoms with Crippen LogP contribution in [0.25, 0.3) is 28.1 Å². The topological polar surface area (TPSA) is 125 Å². The van der Waals surface area contributed by atoms with Crippen molar-refractivity contribution in [3.8, 4) is 28.1 Å². The molecule has 0 aliphatic carbocycles. The molecule has 0 bridgehead atoms. The van der Waals surface area contributed by atoms with Gasteiger partial charge >= 0.3 is 12.5 Å². The van der Waals surface area contributed by atoms with Crippen LogP contribution in [0.4, 0.5) is 32.0 Å². The van der Waals surface area contributed by atoms with Crippen LogP contribution in [0.1, 0.15) is 30.7 Å². The molecule has 0 fully saturated rings. The van der Waals surface area contributed by atoms with E-state index in [0.717, 1.165) is 34.1 Å². The summed E-state index contributed by atoms with van der Waals surface area (Å²) < 4.78 is 83.5. The summed E-state index contributed by atoms with van der Waals surface area (Å²) in [6, 6.07) is 17.4. The molecule has 8 nitrogen and oxygen atoms in total. The van der Waals surface area contributed by atoms with E-state index in [-0.39, 0.29) is 28.2 Å². The van der Waals surface area contributed by atoms with Crippen LogP contribution in [0.5, 0.6) is 5.75 Å². The van der Waals surface area contributed by atoms with Gasteiger partial charge in [0.05, 0.1) is 22.5 Å². The summed E-state index contributed by atoms with van der Waals surface area (Å²) in [4.78, 5) is 12.1. The molecule has 0 aliphatic heterocycles. The van der Waals surface area contributed by atoms with Crippen molar-refractivity contribution in [1.82, 2.24) is 9.78 Å². The zero-order chi connectivity index (χ0) is 32.6. The lowest BCUT2D eigenvalue weighted by Crippen LogP contribution is -2.35. The summed E-state index contributed by atoms with van der Waals surface area (Å²) in [5.41, 5.74) is 12.1. The molecular formula is C30H28F6N6O2. The van der Waals surface area contributed by atoms with Gasteiger partial charge in [-0.25, -0.2) is 5.84 Å². The fourth-order valence-electron chi connectivity index (χ4n) is 4.49. The van der Waals surface area contributed by atoms with Gasteiger partial charge in [0.15, 0.2) is 5.69 Å². The Kier molecular flexibility index (Phi) is 8.42. The van der Waals surface area contributed by atoms with Crippen molar-refractivity contribution < 1.29 is 35.9 Å². The number of rotatable bonds is 8. The molecule has 0 saturated carbocycles.